The number of rotatable bonds is 5. The molecular formula is C17H13F3N2OS. The first-order valence-corrected chi connectivity index (χ1v) is 8.23. The molecular weight excluding hydrogens is 337 g/mol. The lowest BCUT2D eigenvalue weighted by Crippen LogP contribution is -1.99. The Morgan fingerprint density at radius 1 is 1.04 bits per heavy atom. The summed E-state index contributed by atoms with van der Waals surface area (Å²) in [5, 5.41) is 3.43. The third kappa shape index (κ3) is 3.62. The standard InChI is InChI=1S/C17H13F3N2OS/c1-10(16-13(19)3-2-4-14(16)20)24-9-15-21-17(23-22-15)11-5-7-12(18)8-6-11/h2-8,10H,9H2,1H3. The van der Waals surface area contributed by atoms with Crippen molar-refractivity contribution >= 4 is 11.8 Å². The highest BCUT2D eigenvalue weighted by atomic mass is 32.2. The Morgan fingerprint density at radius 3 is 2.38 bits per heavy atom. The van der Waals surface area contributed by atoms with Crippen molar-refractivity contribution in [3.8, 4) is 11.5 Å². The van der Waals surface area contributed by atoms with Crippen molar-refractivity contribution in [2.75, 3.05) is 0 Å². The zero-order chi connectivity index (χ0) is 17.1. The van der Waals surface area contributed by atoms with Gasteiger partial charge in [-0.3, -0.25) is 0 Å². The molecule has 24 heavy (non-hydrogen) atoms. The van der Waals surface area contributed by atoms with E-state index in [1.165, 1.54) is 54.2 Å². The van der Waals surface area contributed by atoms with Crippen LogP contribution >= 0.6 is 11.8 Å². The summed E-state index contributed by atoms with van der Waals surface area (Å²) >= 11 is 1.30. The lowest BCUT2D eigenvalue weighted by molar-refractivity contribution is 0.425. The van der Waals surface area contributed by atoms with Crippen LogP contribution in [-0.4, -0.2) is 10.1 Å². The minimum absolute atomic E-state index is 0.0322. The van der Waals surface area contributed by atoms with Crippen molar-refractivity contribution in [2.24, 2.45) is 0 Å². The summed E-state index contributed by atoms with van der Waals surface area (Å²) in [4.78, 5) is 4.21. The second kappa shape index (κ2) is 7.09. The lowest BCUT2D eigenvalue weighted by atomic mass is 10.1. The number of hydrogen-bond acceptors (Lipinski definition) is 4. The summed E-state index contributed by atoms with van der Waals surface area (Å²) in [6.45, 7) is 1.72. The average molecular weight is 350 g/mol. The monoisotopic (exact) mass is 350 g/mol. The van der Waals surface area contributed by atoms with Crippen LogP contribution in [0.25, 0.3) is 11.5 Å². The Labute approximate surface area is 140 Å². The summed E-state index contributed by atoms with van der Waals surface area (Å²) in [7, 11) is 0. The third-order valence-corrected chi connectivity index (χ3v) is 4.59. The molecule has 0 saturated heterocycles. The van der Waals surface area contributed by atoms with E-state index < -0.39 is 16.9 Å². The molecule has 3 rings (SSSR count). The van der Waals surface area contributed by atoms with E-state index in [1.807, 2.05) is 0 Å². The molecule has 7 heteroatoms. The van der Waals surface area contributed by atoms with Gasteiger partial charge in [-0.1, -0.05) is 11.2 Å². The molecule has 0 aliphatic carbocycles. The molecule has 0 aliphatic heterocycles. The maximum absolute atomic E-state index is 13.8. The topological polar surface area (TPSA) is 38.9 Å². The maximum Gasteiger partial charge on any atom is 0.257 e. The van der Waals surface area contributed by atoms with Crippen LogP contribution in [0.15, 0.2) is 47.0 Å². The van der Waals surface area contributed by atoms with E-state index in [0.29, 0.717) is 17.1 Å². The van der Waals surface area contributed by atoms with Crippen molar-refractivity contribution in [2.45, 2.75) is 17.9 Å². The number of nitrogens with zero attached hydrogens (tertiary/aromatic N) is 2. The van der Waals surface area contributed by atoms with E-state index in [0.717, 1.165) is 0 Å². The predicted molar refractivity (Wildman–Crippen MR) is 85.8 cm³/mol. The molecule has 0 amide bonds. The van der Waals surface area contributed by atoms with Crippen LogP contribution < -0.4 is 0 Å². The van der Waals surface area contributed by atoms with Crippen molar-refractivity contribution in [3.63, 3.8) is 0 Å². The molecule has 0 saturated carbocycles. The van der Waals surface area contributed by atoms with E-state index in [-0.39, 0.29) is 17.3 Å². The van der Waals surface area contributed by atoms with Crippen LogP contribution in [0.4, 0.5) is 13.2 Å². The van der Waals surface area contributed by atoms with Gasteiger partial charge in [-0.2, -0.15) is 4.98 Å². The van der Waals surface area contributed by atoms with Gasteiger partial charge in [0.25, 0.3) is 5.89 Å². The smallest absolute Gasteiger partial charge is 0.257 e. The molecule has 1 heterocycles. The first-order valence-electron chi connectivity index (χ1n) is 7.18. The first kappa shape index (κ1) is 16.6. The van der Waals surface area contributed by atoms with Crippen LogP contribution in [-0.2, 0) is 5.75 Å². The van der Waals surface area contributed by atoms with Gasteiger partial charge in [-0.25, -0.2) is 13.2 Å². The van der Waals surface area contributed by atoms with Crippen LogP contribution in [0.1, 0.15) is 23.6 Å². The van der Waals surface area contributed by atoms with Gasteiger partial charge in [0.2, 0.25) is 0 Å². The van der Waals surface area contributed by atoms with Gasteiger partial charge >= 0.3 is 0 Å². The van der Waals surface area contributed by atoms with Gasteiger partial charge in [0.05, 0.1) is 5.75 Å². The van der Waals surface area contributed by atoms with Gasteiger partial charge in [0.1, 0.15) is 17.5 Å². The highest BCUT2D eigenvalue weighted by Gasteiger charge is 2.18. The van der Waals surface area contributed by atoms with Gasteiger partial charge in [0.15, 0.2) is 5.82 Å². The predicted octanol–water partition coefficient (Wildman–Crippen LogP) is 5.15. The van der Waals surface area contributed by atoms with Crippen molar-refractivity contribution in [1.29, 1.82) is 0 Å². The molecule has 3 nitrogen and oxygen atoms in total. The van der Waals surface area contributed by atoms with Crippen LogP contribution in [0.2, 0.25) is 0 Å². The molecule has 124 valence electrons. The minimum Gasteiger partial charge on any atom is -0.334 e. The van der Waals surface area contributed by atoms with Crippen LogP contribution in [0, 0.1) is 17.5 Å². The first-order chi connectivity index (χ1) is 11.5. The Bertz CT molecular complexity index is 816. The second-order valence-electron chi connectivity index (χ2n) is 5.11. The summed E-state index contributed by atoms with van der Waals surface area (Å²) in [6.07, 6.45) is 0. The quantitative estimate of drug-likeness (QED) is 0.638. The van der Waals surface area contributed by atoms with E-state index >= 15 is 0 Å². The zero-order valence-electron chi connectivity index (χ0n) is 12.7. The largest absolute Gasteiger partial charge is 0.334 e. The van der Waals surface area contributed by atoms with Gasteiger partial charge in [-0.05, 0) is 43.3 Å². The summed E-state index contributed by atoms with van der Waals surface area (Å²) in [5.41, 5.74) is 0.637. The Kier molecular flexibility index (Phi) is 4.89. The maximum atomic E-state index is 13.8. The Morgan fingerprint density at radius 2 is 1.71 bits per heavy atom. The van der Waals surface area contributed by atoms with Crippen molar-refractivity contribution in [1.82, 2.24) is 10.1 Å². The van der Waals surface area contributed by atoms with Gasteiger partial charge in [0, 0.05) is 16.4 Å². The van der Waals surface area contributed by atoms with E-state index in [1.54, 1.807) is 6.92 Å². The number of halogens is 3. The molecule has 0 aliphatic rings. The van der Waals surface area contributed by atoms with Crippen LogP contribution in [0.5, 0.6) is 0 Å². The molecule has 2 aromatic carbocycles. The fourth-order valence-corrected chi connectivity index (χ4v) is 3.11. The Balaban J connectivity index is 1.68. The van der Waals surface area contributed by atoms with E-state index in [2.05, 4.69) is 10.1 Å². The molecule has 0 bridgehead atoms. The molecule has 1 aromatic heterocycles. The van der Waals surface area contributed by atoms with E-state index in [4.69, 9.17) is 4.52 Å². The van der Waals surface area contributed by atoms with Gasteiger partial charge < -0.3 is 4.52 Å². The van der Waals surface area contributed by atoms with E-state index in [9.17, 15) is 13.2 Å². The number of aromatic nitrogens is 2. The minimum atomic E-state index is -0.574. The SMILES string of the molecule is CC(SCc1noc(-c2ccc(F)cc2)n1)c1c(F)cccc1F. The number of thioether (sulfide) groups is 1. The summed E-state index contributed by atoms with van der Waals surface area (Å²) in [6, 6.07) is 9.48. The Hall–Kier alpha value is -2.28. The molecule has 1 atom stereocenters. The summed E-state index contributed by atoms with van der Waals surface area (Å²) < 4.78 is 45.5. The number of hydrogen-bond donors (Lipinski definition) is 0. The fraction of sp³-hybridized carbons (Fsp3) is 0.176. The molecule has 0 radical (unpaired) electrons. The van der Waals surface area contributed by atoms with Crippen molar-refractivity contribution in [3.05, 3.63) is 71.3 Å². The normalized spacial score (nSPS) is 12.3. The molecule has 0 N–H and O–H groups in total. The summed E-state index contributed by atoms with van der Waals surface area (Å²) in [5.74, 6) is -0.488. The van der Waals surface area contributed by atoms with Crippen molar-refractivity contribution < 1.29 is 17.7 Å². The molecule has 3 aromatic rings. The third-order valence-electron chi connectivity index (χ3n) is 3.43. The fourth-order valence-electron chi connectivity index (χ4n) is 2.20. The highest BCUT2D eigenvalue weighted by molar-refractivity contribution is 7.98. The van der Waals surface area contributed by atoms with Gasteiger partial charge in [-0.15, -0.1) is 11.8 Å². The lowest BCUT2D eigenvalue weighted by Gasteiger charge is -2.12. The van der Waals surface area contributed by atoms with Crippen LogP contribution in [0.3, 0.4) is 0 Å². The average Bonchev–Trinajstić information content (AvgIpc) is 3.02. The molecule has 1 unspecified atom stereocenters. The molecule has 0 fully saturated rings. The number of benzene rings is 2. The second-order valence-corrected chi connectivity index (χ2v) is 6.44. The molecule has 0 spiro atoms. The zero-order valence-corrected chi connectivity index (χ0v) is 13.5. The highest BCUT2D eigenvalue weighted by Crippen LogP contribution is 2.33.